The second-order valence-electron chi connectivity index (χ2n) is 5.67. The molecule has 1 atom stereocenters. The van der Waals surface area contributed by atoms with Crippen molar-refractivity contribution < 1.29 is 12.9 Å². The fraction of sp³-hybridized carbons (Fsp3) is 0.833. The van der Waals surface area contributed by atoms with Crippen molar-refractivity contribution in [3.05, 3.63) is 11.7 Å². The van der Waals surface area contributed by atoms with Crippen LogP contribution in [0.1, 0.15) is 32.0 Å². The van der Waals surface area contributed by atoms with E-state index in [1.54, 1.807) is 0 Å². The van der Waals surface area contributed by atoms with Crippen LogP contribution in [0.5, 0.6) is 0 Å². The quantitative estimate of drug-likeness (QED) is 0.800. The van der Waals surface area contributed by atoms with Crippen LogP contribution in [-0.2, 0) is 22.8 Å². The third kappa shape index (κ3) is 4.01. The Balaban J connectivity index is 1.92. The van der Waals surface area contributed by atoms with Gasteiger partial charge >= 0.3 is 0 Å². The third-order valence-corrected chi connectivity index (χ3v) is 5.07. The molecule has 1 fully saturated rings. The zero-order valence-corrected chi connectivity index (χ0v) is 12.5. The molecule has 6 nitrogen and oxygen atoms in total. The summed E-state index contributed by atoms with van der Waals surface area (Å²) in [6, 6.07) is 0.0606. The molecule has 1 aliphatic rings. The Kier molecular flexibility index (Phi) is 4.25. The zero-order chi connectivity index (χ0) is 14.0. The van der Waals surface area contributed by atoms with E-state index in [0.29, 0.717) is 24.8 Å². The molecule has 2 rings (SSSR count). The lowest BCUT2D eigenvalue weighted by Crippen LogP contribution is -2.32. The second kappa shape index (κ2) is 5.58. The first-order valence-corrected chi connectivity index (χ1v) is 8.40. The lowest BCUT2D eigenvalue weighted by molar-refractivity contribution is 0.217. The molecule has 108 valence electrons. The van der Waals surface area contributed by atoms with Gasteiger partial charge in [-0.1, -0.05) is 19.0 Å². The van der Waals surface area contributed by atoms with Crippen LogP contribution >= 0.6 is 0 Å². The molecule has 0 spiro atoms. The van der Waals surface area contributed by atoms with Crippen LogP contribution in [0.4, 0.5) is 0 Å². The van der Waals surface area contributed by atoms with Crippen LogP contribution in [0.3, 0.4) is 0 Å². The van der Waals surface area contributed by atoms with Crippen LogP contribution in [0.2, 0.25) is 0 Å². The fourth-order valence-corrected chi connectivity index (χ4v) is 4.07. The lowest BCUT2D eigenvalue weighted by Gasteiger charge is -2.20. The first kappa shape index (κ1) is 14.5. The summed E-state index contributed by atoms with van der Waals surface area (Å²) in [6.07, 6.45) is 1.48. The number of aromatic nitrogens is 2. The van der Waals surface area contributed by atoms with Gasteiger partial charge in [-0.15, -0.1) is 0 Å². The van der Waals surface area contributed by atoms with Gasteiger partial charge in [-0.05, 0) is 19.4 Å². The summed E-state index contributed by atoms with van der Waals surface area (Å²) < 4.78 is 28.1. The van der Waals surface area contributed by atoms with Gasteiger partial charge in [0.25, 0.3) is 0 Å². The number of nitrogens with zero attached hydrogens (tertiary/aromatic N) is 3. The number of hydrogen-bond donors (Lipinski definition) is 0. The van der Waals surface area contributed by atoms with E-state index in [4.69, 9.17) is 4.52 Å². The van der Waals surface area contributed by atoms with Gasteiger partial charge in [0.05, 0.1) is 18.1 Å². The topological polar surface area (TPSA) is 76.3 Å². The van der Waals surface area contributed by atoms with Gasteiger partial charge in [-0.25, -0.2) is 8.42 Å². The monoisotopic (exact) mass is 287 g/mol. The van der Waals surface area contributed by atoms with Gasteiger partial charge in [-0.2, -0.15) is 4.98 Å². The van der Waals surface area contributed by atoms with Crippen molar-refractivity contribution in [1.29, 1.82) is 0 Å². The minimum Gasteiger partial charge on any atom is -0.338 e. The van der Waals surface area contributed by atoms with Crippen LogP contribution < -0.4 is 0 Å². The highest BCUT2D eigenvalue weighted by Crippen LogP contribution is 2.18. The van der Waals surface area contributed by atoms with Crippen LogP contribution in [0.25, 0.3) is 0 Å². The van der Waals surface area contributed by atoms with Crippen molar-refractivity contribution in [1.82, 2.24) is 15.0 Å². The van der Waals surface area contributed by atoms with Crippen LogP contribution in [0.15, 0.2) is 4.52 Å². The minimum atomic E-state index is -2.85. The van der Waals surface area contributed by atoms with Gasteiger partial charge in [0.2, 0.25) is 5.89 Å². The van der Waals surface area contributed by atoms with E-state index >= 15 is 0 Å². The number of sulfone groups is 1. The second-order valence-corrected chi connectivity index (χ2v) is 7.90. The first-order chi connectivity index (χ1) is 8.85. The van der Waals surface area contributed by atoms with Crippen molar-refractivity contribution in [2.24, 2.45) is 5.92 Å². The highest BCUT2D eigenvalue weighted by Gasteiger charge is 2.31. The molecule has 1 aliphatic heterocycles. The molecule has 1 aromatic rings. The van der Waals surface area contributed by atoms with E-state index in [-0.39, 0.29) is 17.5 Å². The Morgan fingerprint density at radius 1 is 1.47 bits per heavy atom. The predicted octanol–water partition coefficient (Wildman–Crippen LogP) is 0.887. The molecule has 0 N–H and O–H groups in total. The standard InChI is InChI=1S/C12H21N3O3S/c1-9(2)6-11-13-12(18-14-11)7-15(3)10-4-5-19(16,17)8-10/h9-10H,4-8H2,1-3H3. The molecule has 0 amide bonds. The van der Waals surface area contributed by atoms with E-state index in [1.165, 1.54) is 0 Å². The average Bonchev–Trinajstić information content (AvgIpc) is 2.84. The van der Waals surface area contributed by atoms with Gasteiger partial charge in [-0.3, -0.25) is 4.90 Å². The van der Waals surface area contributed by atoms with Gasteiger partial charge in [0.15, 0.2) is 15.7 Å². The molecule has 0 radical (unpaired) electrons. The fourth-order valence-electron chi connectivity index (χ4n) is 2.27. The Hall–Kier alpha value is -0.950. The highest BCUT2D eigenvalue weighted by atomic mass is 32.2. The van der Waals surface area contributed by atoms with Crippen LogP contribution in [-0.4, -0.2) is 48.1 Å². The summed E-state index contributed by atoms with van der Waals surface area (Å²) in [4.78, 5) is 6.31. The Morgan fingerprint density at radius 3 is 2.79 bits per heavy atom. The summed E-state index contributed by atoms with van der Waals surface area (Å²) in [7, 11) is -0.951. The Labute approximate surface area is 114 Å². The summed E-state index contributed by atoms with van der Waals surface area (Å²) >= 11 is 0. The van der Waals surface area contributed by atoms with Crippen LogP contribution in [0, 0.1) is 5.92 Å². The molecule has 0 bridgehead atoms. The maximum Gasteiger partial charge on any atom is 0.240 e. The molecular formula is C12H21N3O3S. The highest BCUT2D eigenvalue weighted by molar-refractivity contribution is 7.91. The van der Waals surface area contributed by atoms with Gasteiger partial charge in [0, 0.05) is 12.5 Å². The van der Waals surface area contributed by atoms with Gasteiger partial charge in [0.1, 0.15) is 0 Å². The summed E-state index contributed by atoms with van der Waals surface area (Å²) in [5.41, 5.74) is 0. The van der Waals surface area contributed by atoms with E-state index in [2.05, 4.69) is 24.0 Å². The zero-order valence-electron chi connectivity index (χ0n) is 11.7. The first-order valence-electron chi connectivity index (χ1n) is 6.58. The summed E-state index contributed by atoms with van der Waals surface area (Å²) in [5, 5.41) is 3.93. The molecule has 1 aromatic heterocycles. The minimum absolute atomic E-state index is 0.0606. The summed E-state index contributed by atoms with van der Waals surface area (Å²) in [5.74, 6) is 2.28. The molecule has 0 aromatic carbocycles. The maximum atomic E-state index is 11.4. The van der Waals surface area contributed by atoms with Crippen molar-refractivity contribution in [2.75, 3.05) is 18.6 Å². The third-order valence-electron chi connectivity index (χ3n) is 3.32. The molecule has 0 aliphatic carbocycles. The smallest absolute Gasteiger partial charge is 0.240 e. The molecule has 1 saturated heterocycles. The molecule has 19 heavy (non-hydrogen) atoms. The van der Waals surface area contributed by atoms with Crippen molar-refractivity contribution in [3.63, 3.8) is 0 Å². The number of hydrogen-bond acceptors (Lipinski definition) is 6. The Bertz CT molecular complexity index is 524. The SMILES string of the molecule is CC(C)Cc1noc(CN(C)C2CCS(=O)(=O)C2)n1. The van der Waals surface area contributed by atoms with Crippen molar-refractivity contribution in [3.8, 4) is 0 Å². The normalized spacial score (nSPS) is 22.5. The van der Waals surface area contributed by atoms with E-state index < -0.39 is 9.84 Å². The molecule has 0 saturated carbocycles. The van der Waals surface area contributed by atoms with Crippen molar-refractivity contribution in [2.45, 2.75) is 39.3 Å². The predicted molar refractivity (Wildman–Crippen MR) is 71.4 cm³/mol. The molecule has 2 heterocycles. The molecule has 1 unspecified atom stereocenters. The summed E-state index contributed by atoms with van der Waals surface area (Å²) in [6.45, 7) is 4.71. The molecule has 7 heteroatoms. The molecular weight excluding hydrogens is 266 g/mol. The maximum absolute atomic E-state index is 11.4. The van der Waals surface area contributed by atoms with E-state index in [1.807, 2.05) is 11.9 Å². The average molecular weight is 287 g/mol. The lowest BCUT2D eigenvalue weighted by atomic mass is 10.1. The van der Waals surface area contributed by atoms with Gasteiger partial charge < -0.3 is 4.52 Å². The Morgan fingerprint density at radius 2 is 2.21 bits per heavy atom. The van der Waals surface area contributed by atoms with Crippen molar-refractivity contribution >= 4 is 9.84 Å². The van der Waals surface area contributed by atoms with E-state index in [9.17, 15) is 8.42 Å². The largest absolute Gasteiger partial charge is 0.338 e. The number of rotatable bonds is 5. The van der Waals surface area contributed by atoms with E-state index in [0.717, 1.165) is 12.2 Å².